The van der Waals surface area contributed by atoms with Crippen LogP contribution in [0, 0.1) is 0 Å². The lowest BCUT2D eigenvalue weighted by Crippen LogP contribution is -2.16. The topological polar surface area (TPSA) is 64.3 Å². The van der Waals surface area contributed by atoms with Crippen molar-refractivity contribution in [3.8, 4) is 22.8 Å². The van der Waals surface area contributed by atoms with E-state index in [0.29, 0.717) is 16.5 Å². The number of rotatable bonds is 2. The zero-order chi connectivity index (χ0) is 16.0. The van der Waals surface area contributed by atoms with Gasteiger partial charge in [0.2, 0.25) is 5.88 Å². The van der Waals surface area contributed by atoms with E-state index in [2.05, 4.69) is 5.10 Å². The molecule has 23 heavy (non-hydrogen) atoms. The van der Waals surface area contributed by atoms with E-state index in [1.165, 1.54) is 0 Å². The SMILES string of the molecule is O=C(O)c1cccc2c1COc1cc(-c3ccc(Cl)cc3)nn1-2. The van der Waals surface area contributed by atoms with Crippen LogP contribution in [0.25, 0.3) is 16.9 Å². The lowest BCUT2D eigenvalue weighted by Gasteiger charge is -2.20. The summed E-state index contributed by atoms with van der Waals surface area (Å²) in [5, 5.41) is 14.5. The van der Waals surface area contributed by atoms with Crippen LogP contribution >= 0.6 is 11.6 Å². The molecule has 1 aromatic heterocycles. The number of carboxylic acids is 1. The number of carbonyl (C=O) groups is 1. The van der Waals surface area contributed by atoms with Gasteiger partial charge in [-0.3, -0.25) is 0 Å². The predicted octanol–water partition coefficient (Wildman–Crippen LogP) is 3.78. The molecule has 0 fully saturated rings. The third-order valence-electron chi connectivity index (χ3n) is 3.79. The first-order valence-electron chi connectivity index (χ1n) is 6.98. The van der Waals surface area contributed by atoms with Crippen molar-refractivity contribution in [3.05, 3.63) is 64.7 Å². The summed E-state index contributed by atoms with van der Waals surface area (Å²) < 4.78 is 7.31. The number of halogens is 1. The largest absolute Gasteiger partial charge is 0.478 e. The van der Waals surface area contributed by atoms with Gasteiger partial charge < -0.3 is 9.84 Å². The molecule has 114 valence electrons. The van der Waals surface area contributed by atoms with Crippen molar-refractivity contribution in [2.75, 3.05) is 0 Å². The number of hydrogen-bond acceptors (Lipinski definition) is 3. The molecule has 0 spiro atoms. The summed E-state index contributed by atoms with van der Waals surface area (Å²) in [5.74, 6) is -0.385. The third kappa shape index (κ3) is 2.26. The third-order valence-corrected chi connectivity index (χ3v) is 4.04. The summed E-state index contributed by atoms with van der Waals surface area (Å²) >= 11 is 5.91. The van der Waals surface area contributed by atoms with Crippen LogP contribution < -0.4 is 4.74 Å². The number of fused-ring (bicyclic) bond motifs is 3. The second kappa shape index (κ2) is 5.14. The summed E-state index contributed by atoms with van der Waals surface area (Å²) in [6.07, 6.45) is 0. The Morgan fingerprint density at radius 3 is 2.74 bits per heavy atom. The molecule has 0 saturated carbocycles. The Labute approximate surface area is 136 Å². The minimum absolute atomic E-state index is 0.212. The molecule has 0 atom stereocenters. The van der Waals surface area contributed by atoms with E-state index in [1.807, 2.05) is 24.3 Å². The molecule has 0 aliphatic carbocycles. The molecule has 0 amide bonds. The molecule has 1 N–H and O–H groups in total. The fourth-order valence-electron chi connectivity index (χ4n) is 2.67. The molecule has 1 aliphatic heterocycles. The molecule has 0 saturated heterocycles. The zero-order valence-electron chi connectivity index (χ0n) is 11.9. The summed E-state index contributed by atoms with van der Waals surface area (Å²) in [6.45, 7) is 0.212. The number of carboxylic acid groups (broad SMARTS) is 1. The highest BCUT2D eigenvalue weighted by molar-refractivity contribution is 6.30. The Kier molecular flexibility index (Phi) is 3.09. The van der Waals surface area contributed by atoms with Gasteiger partial charge in [0.05, 0.1) is 16.9 Å². The predicted molar refractivity (Wildman–Crippen MR) is 85.3 cm³/mol. The van der Waals surface area contributed by atoms with Crippen LogP contribution in [0.15, 0.2) is 48.5 Å². The molecule has 0 unspecified atom stereocenters. The normalized spacial score (nSPS) is 12.2. The van der Waals surface area contributed by atoms with Gasteiger partial charge in [-0.25, -0.2) is 9.48 Å². The van der Waals surface area contributed by atoms with Crippen LogP contribution in [0.3, 0.4) is 0 Å². The summed E-state index contributed by atoms with van der Waals surface area (Å²) in [4.78, 5) is 11.3. The summed E-state index contributed by atoms with van der Waals surface area (Å²) in [5.41, 5.74) is 3.24. The second-order valence-corrected chi connectivity index (χ2v) is 5.62. The van der Waals surface area contributed by atoms with Crippen LogP contribution in [0.4, 0.5) is 0 Å². The molecule has 0 bridgehead atoms. The lowest BCUT2D eigenvalue weighted by atomic mass is 10.1. The molecule has 2 aromatic carbocycles. The van der Waals surface area contributed by atoms with Crippen molar-refractivity contribution in [1.82, 2.24) is 9.78 Å². The highest BCUT2D eigenvalue weighted by Crippen LogP contribution is 2.33. The van der Waals surface area contributed by atoms with E-state index in [-0.39, 0.29) is 12.2 Å². The molecular formula is C17H11ClN2O3. The minimum atomic E-state index is -0.973. The summed E-state index contributed by atoms with van der Waals surface area (Å²) in [7, 11) is 0. The maximum atomic E-state index is 11.3. The minimum Gasteiger partial charge on any atom is -0.478 e. The number of aromatic carboxylic acids is 1. The maximum Gasteiger partial charge on any atom is 0.336 e. The Bertz CT molecular complexity index is 916. The molecule has 6 heteroatoms. The average molecular weight is 327 g/mol. The van der Waals surface area contributed by atoms with Crippen molar-refractivity contribution in [3.63, 3.8) is 0 Å². The van der Waals surface area contributed by atoms with Gasteiger partial charge in [-0.15, -0.1) is 0 Å². The molecule has 1 aliphatic rings. The van der Waals surface area contributed by atoms with Gasteiger partial charge in [0, 0.05) is 22.2 Å². The maximum absolute atomic E-state index is 11.3. The van der Waals surface area contributed by atoms with E-state index < -0.39 is 5.97 Å². The molecular weight excluding hydrogens is 316 g/mol. The first-order valence-corrected chi connectivity index (χ1v) is 7.35. The van der Waals surface area contributed by atoms with Gasteiger partial charge >= 0.3 is 5.97 Å². The Morgan fingerprint density at radius 1 is 1.22 bits per heavy atom. The molecule has 2 heterocycles. The fourth-order valence-corrected chi connectivity index (χ4v) is 2.80. The average Bonchev–Trinajstić information content (AvgIpc) is 2.99. The number of benzene rings is 2. The first kappa shape index (κ1) is 13.8. The van der Waals surface area contributed by atoms with Crippen molar-refractivity contribution in [1.29, 1.82) is 0 Å². The van der Waals surface area contributed by atoms with E-state index >= 15 is 0 Å². The van der Waals surface area contributed by atoms with Gasteiger partial charge in [0.15, 0.2) is 0 Å². The Balaban J connectivity index is 1.85. The van der Waals surface area contributed by atoms with Crippen molar-refractivity contribution in [2.24, 2.45) is 0 Å². The molecule has 3 aromatic rings. The second-order valence-electron chi connectivity index (χ2n) is 5.18. The highest BCUT2D eigenvalue weighted by atomic mass is 35.5. The van der Waals surface area contributed by atoms with Crippen molar-refractivity contribution < 1.29 is 14.6 Å². The van der Waals surface area contributed by atoms with Gasteiger partial charge in [-0.2, -0.15) is 5.10 Å². The quantitative estimate of drug-likeness (QED) is 0.778. The van der Waals surface area contributed by atoms with Gasteiger partial charge in [0.1, 0.15) is 6.61 Å². The van der Waals surface area contributed by atoms with E-state index in [9.17, 15) is 9.90 Å². The van der Waals surface area contributed by atoms with Gasteiger partial charge in [0.25, 0.3) is 0 Å². The van der Waals surface area contributed by atoms with Crippen molar-refractivity contribution >= 4 is 17.6 Å². The first-order chi connectivity index (χ1) is 11.1. The van der Waals surface area contributed by atoms with Gasteiger partial charge in [-0.1, -0.05) is 29.8 Å². The van der Waals surface area contributed by atoms with Crippen LogP contribution in [-0.4, -0.2) is 20.9 Å². The zero-order valence-corrected chi connectivity index (χ0v) is 12.6. The van der Waals surface area contributed by atoms with Gasteiger partial charge in [-0.05, 0) is 24.3 Å². The number of hydrogen-bond donors (Lipinski definition) is 1. The number of ether oxygens (including phenoxy) is 1. The van der Waals surface area contributed by atoms with E-state index in [0.717, 1.165) is 16.9 Å². The van der Waals surface area contributed by atoms with E-state index in [1.54, 1.807) is 28.9 Å². The Morgan fingerprint density at radius 2 is 2.00 bits per heavy atom. The monoisotopic (exact) mass is 326 g/mol. The fraction of sp³-hybridized carbons (Fsp3) is 0.0588. The van der Waals surface area contributed by atoms with E-state index in [4.69, 9.17) is 16.3 Å². The smallest absolute Gasteiger partial charge is 0.336 e. The highest BCUT2D eigenvalue weighted by Gasteiger charge is 2.24. The number of aromatic nitrogens is 2. The van der Waals surface area contributed by atoms with Crippen LogP contribution in [0.1, 0.15) is 15.9 Å². The van der Waals surface area contributed by atoms with Crippen LogP contribution in [0.2, 0.25) is 5.02 Å². The Hall–Kier alpha value is -2.79. The molecule has 5 nitrogen and oxygen atoms in total. The van der Waals surface area contributed by atoms with Crippen LogP contribution in [-0.2, 0) is 6.61 Å². The molecule has 4 rings (SSSR count). The lowest BCUT2D eigenvalue weighted by molar-refractivity contribution is 0.0693. The summed E-state index contributed by atoms with van der Waals surface area (Å²) in [6, 6.07) is 14.3. The standard InChI is InChI=1S/C17H11ClN2O3/c18-11-6-4-10(5-7-11)14-8-16-20(19-14)15-3-1-2-12(17(21)22)13(15)9-23-16/h1-8H,9H2,(H,21,22). The molecule has 0 radical (unpaired) electrons. The number of nitrogens with zero attached hydrogens (tertiary/aromatic N) is 2. The van der Waals surface area contributed by atoms with Crippen molar-refractivity contribution in [2.45, 2.75) is 6.61 Å². The van der Waals surface area contributed by atoms with Crippen LogP contribution in [0.5, 0.6) is 5.88 Å².